The van der Waals surface area contributed by atoms with Gasteiger partial charge in [0.2, 0.25) is 0 Å². The van der Waals surface area contributed by atoms with Crippen LogP contribution in [0.1, 0.15) is 23.1 Å². The summed E-state index contributed by atoms with van der Waals surface area (Å²) in [6.07, 6.45) is 1.77. The molecule has 0 fully saturated rings. The van der Waals surface area contributed by atoms with Gasteiger partial charge in [-0.15, -0.1) is 0 Å². The second kappa shape index (κ2) is 5.58. The van der Waals surface area contributed by atoms with Crippen LogP contribution in [-0.4, -0.2) is 11.8 Å². The van der Waals surface area contributed by atoms with Crippen LogP contribution < -0.4 is 0 Å². The van der Waals surface area contributed by atoms with Crippen LogP contribution in [0.4, 0.5) is 0 Å². The van der Waals surface area contributed by atoms with Crippen LogP contribution in [0.25, 0.3) is 0 Å². The van der Waals surface area contributed by atoms with Crippen molar-refractivity contribution in [3.63, 3.8) is 0 Å². The lowest BCUT2D eigenvalue weighted by Gasteiger charge is -2.07. The van der Waals surface area contributed by atoms with Crippen LogP contribution in [0.15, 0.2) is 59.8 Å². The minimum absolute atomic E-state index is 0.100. The van der Waals surface area contributed by atoms with E-state index >= 15 is 0 Å². The molecule has 0 N–H and O–H groups in total. The van der Waals surface area contributed by atoms with Crippen LogP contribution in [0.5, 0.6) is 0 Å². The van der Waals surface area contributed by atoms with Gasteiger partial charge in [0.25, 0.3) is 0 Å². The molecule has 0 aromatic heterocycles. The SMILES string of the molecule is N#Cc1ccc(C2=NO[C@H](Cc3ccccc3)C2)cc1. The average Bonchev–Trinajstić information content (AvgIpc) is 2.97. The van der Waals surface area contributed by atoms with E-state index in [0.29, 0.717) is 5.56 Å². The average molecular weight is 262 g/mol. The molecule has 0 radical (unpaired) electrons. The Balaban J connectivity index is 1.65. The molecule has 0 aliphatic carbocycles. The molecule has 0 amide bonds. The summed E-state index contributed by atoms with van der Waals surface area (Å²) in [6, 6.07) is 19.9. The first kappa shape index (κ1) is 12.4. The molecule has 0 unspecified atom stereocenters. The lowest BCUT2D eigenvalue weighted by Crippen LogP contribution is -2.11. The molecule has 1 aliphatic heterocycles. The van der Waals surface area contributed by atoms with E-state index in [2.05, 4.69) is 23.4 Å². The molecule has 1 atom stereocenters. The van der Waals surface area contributed by atoms with E-state index in [0.717, 1.165) is 24.1 Å². The van der Waals surface area contributed by atoms with Gasteiger partial charge in [-0.05, 0) is 23.3 Å². The van der Waals surface area contributed by atoms with Crippen molar-refractivity contribution in [2.24, 2.45) is 5.16 Å². The standard InChI is InChI=1S/C17H14N2O/c18-12-14-6-8-15(9-7-14)17-11-16(20-19-17)10-13-4-2-1-3-5-13/h1-9,16H,10-11H2/t16-/m1/s1. The fraction of sp³-hybridized carbons (Fsp3) is 0.176. The molecule has 1 aliphatic rings. The summed E-state index contributed by atoms with van der Waals surface area (Å²) in [7, 11) is 0. The Morgan fingerprint density at radius 1 is 1.10 bits per heavy atom. The lowest BCUT2D eigenvalue weighted by molar-refractivity contribution is 0.0859. The summed E-state index contributed by atoms with van der Waals surface area (Å²) >= 11 is 0. The van der Waals surface area contributed by atoms with Crippen LogP contribution in [-0.2, 0) is 11.3 Å². The maximum Gasteiger partial charge on any atom is 0.137 e. The van der Waals surface area contributed by atoms with Gasteiger partial charge in [-0.25, -0.2) is 0 Å². The maximum absolute atomic E-state index is 8.80. The van der Waals surface area contributed by atoms with E-state index < -0.39 is 0 Å². The number of hydrogen-bond donors (Lipinski definition) is 0. The van der Waals surface area contributed by atoms with Gasteiger partial charge < -0.3 is 4.84 Å². The Labute approximate surface area is 118 Å². The molecule has 3 rings (SSSR count). The van der Waals surface area contributed by atoms with Gasteiger partial charge in [0.1, 0.15) is 6.10 Å². The first-order chi connectivity index (χ1) is 9.85. The fourth-order valence-electron chi connectivity index (χ4n) is 2.32. The van der Waals surface area contributed by atoms with Crippen LogP contribution in [0, 0.1) is 11.3 Å². The third-order valence-corrected chi connectivity index (χ3v) is 3.39. The largest absolute Gasteiger partial charge is 0.391 e. The smallest absolute Gasteiger partial charge is 0.137 e. The van der Waals surface area contributed by atoms with Gasteiger partial charge in [0, 0.05) is 12.8 Å². The maximum atomic E-state index is 8.80. The molecule has 0 bridgehead atoms. The van der Waals surface area contributed by atoms with Gasteiger partial charge >= 0.3 is 0 Å². The van der Waals surface area contributed by atoms with Gasteiger partial charge in [-0.3, -0.25) is 0 Å². The van der Waals surface area contributed by atoms with E-state index in [4.69, 9.17) is 10.1 Å². The van der Waals surface area contributed by atoms with E-state index in [1.807, 2.05) is 42.5 Å². The van der Waals surface area contributed by atoms with Crippen molar-refractivity contribution >= 4 is 5.71 Å². The first-order valence-corrected chi connectivity index (χ1v) is 6.62. The minimum atomic E-state index is 0.100. The Morgan fingerprint density at radius 3 is 2.55 bits per heavy atom. The summed E-state index contributed by atoms with van der Waals surface area (Å²) in [5, 5.41) is 13.0. The van der Waals surface area contributed by atoms with Gasteiger partial charge in [0.05, 0.1) is 17.3 Å². The second-order valence-corrected chi connectivity index (χ2v) is 4.85. The molecule has 2 aromatic rings. The summed E-state index contributed by atoms with van der Waals surface area (Å²) in [5.74, 6) is 0. The Kier molecular flexibility index (Phi) is 3.47. The van der Waals surface area contributed by atoms with E-state index in [9.17, 15) is 0 Å². The van der Waals surface area contributed by atoms with Crippen molar-refractivity contribution in [2.45, 2.75) is 18.9 Å². The monoisotopic (exact) mass is 262 g/mol. The van der Waals surface area contributed by atoms with Crippen molar-refractivity contribution in [3.8, 4) is 6.07 Å². The normalized spacial score (nSPS) is 17.1. The number of nitrogens with zero attached hydrogens (tertiary/aromatic N) is 2. The molecule has 20 heavy (non-hydrogen) atoms. The molecule has 2 aromatic carbocycles. The predicted octanol–water partition coefficient (Wildman–Crippen LogP) is 3.29. The molecule has 0 saturated heterocycles. The van der Waals surface area contributed by atoms with Gasteiger partial charge in [-0.2, -0.15) is 5.26 Å². The molecule has 0 saturated carbocycles. The molecule has 3 heteroatoms. The topological polar surface area (TPSA) is 45.4 Å². The Hall–Kier alpha value is -2.60. The zero-order valence-electron chi connectivity index (χ0n) is 11.0. The van der Waals surface area contributed by atoms with Crippen molar-refractivity contribution in [3.05, 3.63) is 71.3 Å². The van der Waals surface area contributed by atoms with Crippen LogP contribution >= 0.6 is 0 Å². The summed E-state index contributed by atoms with van der Waals surface area (Å²) in [5.41, 5.74) is 3.90. The predicted molar refractivity (Wildman–Crippen MR) is 77.3 cm³/mol. The summed E-state index contributed by atoms with van der Waals surface area (Å²) in [6.45, 7) is 0. The number of hydrogen-bond acceptors (Lipinski definition) is 3. The second-order valence-electron chi connectivity index (χ2n) is 4.85. The van der Waals surface area contributed by atoms with E-state index in [1.54, 1.807) is 0 Å². The van der Waals surface area contributed by atoms with E-state index in [1.165, 1.54) is 5.56 Å². The van der Waals surface area contributed by atoms with Crippen molar-refractivity contribution in [1.82, 2.24) is 0 Å². The molecule has 98 valence electrons. The molecular weight excluding hydrogens is 248 g/mol. The zero-order valence-corrected chi connectivity index (χ0v) is 11.0. The van der Waals surface area contributed by atoms with Crippen molar-refractivity contribution in [2.75, 3.05) is 0 Å². The first-order valence-electron chi connectivity index (χ1n) is 6.62. The highest BCUT2D eigenvalue weighted by atomic mass is 16.6. The highest BCUT2D eigenvalue weighted by Gasteiger charge is 2.22. The van der Waals surface area contributed by atoms with Gasteiger partial charge in [0.15, 0.2) is 0 Å². The number of rotatable bonds is 3. The Morgan fingerprint density at radius 2 is 1.85 bits per heavy atom. The van der Waals surface area contributed by atoms with E-state index in [-0.39, 0.29) is 6.10 Å². The highest BCUT2D eigenvalue weighted by Crippen LogP contribution is 2.20. The van der Waals surface area contributed by atoms with Crippen molar-refractivity contribution < 1.29 is 4.84 Å². The quantitative estimate of drug-likeness (QED) is 0.852. The molecule has 0 spiro atoms. The zero-order chi connectivity index (χ0) is 13.8. The molecular formula is C17H14N2O. The third kappa shape index (κ3) is 2.70. The number of benzene rings is 2. The summed E-state index contributed by atoms with van der Waals surface area (Å²) in [4.78, 5) is 5.50. The van der Waals surface area contributed by atoms with Crippen LogP contribution in [0.2, 0.25) is 0 Å². The third-order valence-electron chi connectivity index (χ3n) is 3.39. The number of nitriles is 1. The highest BCUT2D eigenvalue weighted by molar-refractivity contribution is 6.01. The van der Waals surface area contributed by atoms with Crippen LogP contribution in [0.3, 0.4) is 0 Å². The lowest BCUT2D eigenvalue weighted by atomic mass is 10.00. The molecule has 1 heterocycles. The summed E-state index contributed by atoms with van der Waals surface area (Å²) < 4.78 is 0. The number of oxime groups is 1. The van der Waals surface area contributed by atoms with Gasteiger partial charge in [-0.1, -0.05) is 47.6 Å². The van der Waals surface area contributed by atoms with Crippen molar-refractivity contribution in [1.29, 1.82) is 5.26 Å². The molecule has 3 nitrogen and oxygen atoms in total. The fourth-order valence-corrected chi connectivity index (χ4v) is 2.32. The minimum Gasteiger partial charge on any atom is -0.391 e. The Bertz CT molecular complexity index is 654.